The van der Waals surface area contributed by atoms with Crippen molar-refractivity contribution in [2.24, 2.45) is 10.9 Å². The Labute approximate surface area is 138 Å². The highest BCUT2D eigenvalue weighted by Crippen LogP contribution is 2.28. The number of hydrogen-bond donors (Lipinski definition) is 2. The van der Waals surface area contributed by atoms with Gasteiger partial charge in [-0.1, -0.05) is 18.2 Å². The Bertz CT molecular complexity index is 435. The van der Waals surface area contributed by atoms with Crippen LogP contribution < -0.4 is 10.6 Å². The molecule has 1 aromatic carbocycles. The fourth-order valence-electron chi connectivity index (χ4n) is 1.95. The molecule has 22 heavy (non-hydrogen) atoms. The average Bonchev–Trinajstić information content (AvgIpc) is 3.36. The highest BCUT2D eigenvalue weighted by Gasteiger charge is 2.20. The normalized spacial score (nSPS) is 14.9. The Morgan fingerprint density at radius 1 is 1.27 bits per heavy atom. The first-order chi connectivity index (χ1) is 10.9. The summed E-state index contributed by atoms with van der Waals surface area (Å²) in [4.78, 5) is 5.84. The number of ether oxygens (including phenoxy) is 1. The Morgan fingerprint density at radius 3 is 2.82 bits per heavy atom. The van der Waals surface area contributed by atoms with E-state index in [4.69, 9.17) is 4.74 Å². The van der Waals surface area contributed by atoms with Gasteiger partial charge >= 0.3 is 0 Å². The van der Waals surface area contributed by atoms with Crippen LogP contribution in [0.4, 0.5) is 0 Å². The van der Waals surface area contributed by atoms with Crippen LogP contribution in [0, 0.1) is 5.92 Å². The molecule has 0 radical (unpaired) electrons. The minimum absolute atomic E-state index is 0.714. The summed E-state index contributed by atoms with van der Waals surface area (Å²) in [6.07, 6.45) is 2.68. The molecule has 0 spiro atoms. The molecule has 1 aliphatic rings. The predicted molar refractivity (Wildman–Crippen MR) is 94.7 cm³/mol. The number of guanidine groups is 1. The zero-order chi connectivity index (χ0) is 15.5. The van der Waals surface area contributed by atoms with Crippen molar-refractivity contribution in [3.63, 3.8) is 0 Å². The molecule has 0 atom stereocenters. The molecular weight excluding hydrogens is 294 g/mol. The molecule has 2 rings (SSSR count). The Balaban J connectivity index is 1.57. The minimum atomic E-state index is 0.714. The predicted octanol–water partition coefficient (Wildman–Crippen LogP) is 2.76. The number of hydrogen-bond acceptors (Lipinski definition) is 3. The maximum absolute atomic E-state index is 5.60. The fraction of sp³-hybridized carbons (Fsp3) is 0.588. The van der Waals surface area contributed by atoms with E-state index in [9.17, 15) is 0 Å². The van der Waals surface area contributed by atoms with Crippen LogP contribution >= 0.6 is 11.8 Å². The molecule has 0 aromatic heterocycles. The quantitative estimate of drug-likeness (QED) is 0.301. The lowest BCUT2D eigenvalue weighted by Crippen LogP contribution is -2.38. The average molecular weight is 321 g/mol. The second kappa shape index (κ2) is 10.5. The fourth-order valence-corrected chi connectivity index (χ4v) is 2.74. The van der Waals surface area contributed by atoms with Gasteiger partial charge in [0.05, 0.1) is 13.2 Å². The van der Waals surface area contributed by atoms with Crippen LogP contribution in [0.3, 0.4) is 0 Å². The topological polar surface area (TPSA) is 45.7 Å². The Kier molecular flexibility index (Phi) is 8.20. The molecule has 1 aliphatic carbocycles. The molecule has 0 heterocycles. The molecule has 5 heteroatoms. The SMILES string of the molecule is CCNC(=NCCOCC1CC1)NCCSc1ccccc1. The molecule has 1 saturated carbocycles. The first-order valence-corrected chi connectivity index (χ1v) is 9.15. The van der Waals surface area contributed by atoms with Gasteiger partial charge in [-0.25, -0.2) is 0 Å². The van der Waals surface area contributed by atoms with Crippen molar-refractivity contribution >= 4 is 17.7 Å². The molecule has 122 valence electrons. The van der Waals surface area contributed by atoms with Crippen LogP contribution in [-0.2, 0) is 4.74 Å². The number of rotatable bonds is 10. The number of thioether (sulfide) groups is 1. The van der Waals surface area contributed by atoms with Gasteiger partial charge in [-0.05, 0) is 37.8 Å². The van der Waals surface area contributed by atoms with Crippen LogP contribution in [0.15, 0.2) is 40.2 Å². The Morgan fingerprint density at radius 2 is 2.09 bits per heavy atom. The van der Waals surface area contributed by atoms with E-state index in [1.54, 1.807) is 0 Å². The summed E-state index contributed by atoms with van der Waals surface area (Å²) in [5, 5.41) is 6.63. The van der Waals surface area contributed by atoms with E-state index in [1.165, 1.54) is 17.7 Å². The number of aliphatic imine (C=N–C) groups is 1. The molecule has 0 bridgehead atoms. The summed E-state index contributed by atoms with van der Waals surface area (Å²) in [7, 11) is 0. The monoisotopic (exact) mass is 321 g/mol. The maximum atomic E-state index is 5.60. The summed E-state index contributed by atoms with van der Waals surface area (Å²) in [6.45, 7) is 6.20. The van der Waals surface area contributed by atoms with Crippen molar-refractivity contribution < 1.29 is 4.74 Å². The standard InChI is InChI=1S/C17H27N3OS/c1-2-18-17(19-10-12-21-14-15-8-9-15)20-11-13-22-16-6-4-3-5-7-16/h3-7,15H,2,8-14H2,1H3,(H2,18,19,20). The second-order valence-corrected chi connectivity index (χ2v) is 6.54. The lowest BCUT2D eigenvalue weighted by molar-refractivity contribution is 0.131. The van der Waals surface area contributed by atoms with Crippen molar-refractivity contribution in [3.05, 3.63) is 30.3 Å². The summed E-state index contributed by atoms with van der Waals surface area (Å²) < 4.78 is 5.60. The van der Waals surface area contributed by atoms with Gasteiger partial charge in [-0.2, -0.15) is 0 Å². The molecule has 0 unspecified atom stereocenters. The van der Waals surface area contributed by atoms with E-state index >= 15 is 0 Å². The minimum Gasteiger partial charge on any atom is -0.379 e. The van der Waals surface area contributed by atoms with Crippen LogP contribution in [0.1, 0.15) is 19.8 Å². The van der Waals surface area contributed by atoms with Gasteiger partial charge in [0.15, 0.2) is 5.96 Å². The van der Waals surface area contributed by atoms with Crippen LogP contribution in [-0.4, -0.2) is 44.6 Å². The van der Waals surface area contributed by atoms with Crippen LogP contribution in [0.25, 0.3) is 0 Å². The number of nitrogens with zero attached hydrogens (tertiary/aromatic N) is 1. The van der Waals surface area contributed by atoms with Gasteiger partial charge in [0.2, 0.25) is 0 Å². The van der Waals surface area contributed by atoms with Crippen molar-refractivity contribution in [2.45, 2.75) is 24.7 Å². The number of benzene rings is 1. The van der Waals surface area contributed by atoms with Crippen molar-refractivity contribution in [3.8, 4) is 0 Å². The van der Waals surface area contributed by atoms with Gasteiger partial charge in [0.25, 0.3) is 0 Å². The van der Waals surface area contributed by atoms with Gasteiger partial charge in [-0.15, -0.1) is 11.8 Å². The van der Waals surface area contributed by atoms with E-state index in [1.807, 2.05) is 17.8 Å². The van der Waals surface area contributed by atoms with Crippen molar-refractivity contribution in [1.82, 2.24) is 10.6 Å². The van der Waals surface area contributed by atoms with E-state index < -0.39 is 0 Å². The van der Waals surface area contributed by atoms with Gasteiger partial charge in [-0.3, -0.25) is 4.99 Å². The highest BCUT2D eigenvalue weighted by molar-refractivity contribution is 7.99. The van der Waals surface area contributed by atoms with Gasteiger partial charge < -0.3 is 15.4 Å². The first-order valence-electron chi connectivity index (χ1n) is 8.16. The van der Waals surface area contributed by atoms with Gasteiger partial charge in [0, 0.05) is 30.3 Å². The van der Waals surface area contributed by atoms with E-state index in [0.29, 0.717) is 13.2 Å². The molecular formula is C17H27N3OS. The lowest BCUT2D eigenvalue weighted by atomic mass is 10.4. The largest absolute Gasteiger partial charge is 0.379 e. The zero-order valence-electron chi connectivity index (χ0n) is 13.4. The molecule has 1 fully saturated rings. The van der Waals surface area contributed by atoms with Gasteiger partial charge in [0.1, 0.15) is 0 Å². The van der Waals surface area contributed by atoms with E-state index in [-0.39, 0.29) is 0 Å². The van der Waals surface area contributed by atoms with Crippen molar-refractivity contribution in [2.75, 3.05) is 38.6 Å². The summed E-state index contributed by atoms with van der Waals surface area (Å²) >= 11 is 1.85. The van der Waals surface area contributed by atoms with Crippen LogP contribution in [0.2, 0.25) is 0 Å². The number of nitrogens with one attached hydrogen (secondary N) is 2. The molecule has 1 aromatic rings. The molecule has 0 saturated heterocycles. The first kappa shape index (κ1) is 17.2. The summed E-state index contributed by atoms with van der Waals surface area (Å²) in [5.41, 5.74) is 0. The van der Waals surface area contributed by atoms with E-state index in [2.05, 4.69) is 46.8 Å². The third-order valence-corrected chi connectivity index (χ3v) is 4.32. The second-order valence-electron chi connectivity index (χ2n) is 5.37. The third-order valence-electron chi connectivity index (χ3n) is 3.31. The molecule has 0 amide bonds. The lowest BCUT2D eigenvalue weighted by Gasteiger charge is -2.11. The Hall–Kier alpha value is -1.20. The summed E-state index contributed by atoms with van der Waals surface area (Å²) in [6, 6.07) is 10.5. The molecule has 2 N–H and O–H groups in total. The van der Waals surface area contributed by atoms with Crippen LogP contribution in [0.5, 0.6) is 0 Å². The molecule has 0 aliphatic heterocycles. The van der Waals surface area contributed by atoms with Crippen molar-refractivity contribution in [1.29, 1.82) is 0 Å². The summed E-state index contributed by atoms with van der Waals surface area (Å²) in [5.74, 6) is 2.73. The highest BCUT2D eigenvalue weighted by atomic mass is 32.2. The third kappa shape index (κ3) is 7.71. The smallest absolute Gasteiger partial charge is 0.191 e. The van der Waals surface area contributed by atoms with E-state index in [0.717, 1.165) is 37.3 Å². The maximum Gasteiger partial charge on any atom is 0.191 e. The zero-order valence-corrected chi connectivity index (χ0v) is 14.2. The molecule has 4 nitrogen and oxygen atoms in total.